The Morgan fingerprint density at radius 3 is 2.94 bits per heavy atom. The number of nitrogens with one attached hydrogen (secondary N) is 1. The first-order valence-electron chi connectivity index (χ1n) is 4.29. The standard InChI is InChI=1S/C10H5Cl2IN2O/c11-5-3-7(16-2-1-14)8-6(13)4-15-10(8)9(5)12/h3-4,15H,2H2. The number of fused-ring (bicyclic) bond motifs is 1. The first kappa shape index (κ1) is 11.8. The predicted molar refractivity (Wildman–Crippen MR) is 72.1 cm³/mol. The van der Waals surface area contributed by atoms with Crippen LogP contribution in [0.4, 0.5) is 0 Å². The van der Waals surface area contributed by atoms with E-state index >= 15 is 0 Å². The molecule has 0 aliphatic rings. The number of rotatable bonds is 2. The smallest absolute Gasteiger partial charge is 0.174 e. The molecule has 82 valence electrons. The third-order valence-electron chi connectivity index (χ3n) is 2.06. The van der Waals surface area contributed by atoms with E-state index in [1.54, 1.807) is 6.07 Å². The van der Waals surface area contributed by atoms with Gasteiger partial charge in [-0.25, -0.2) is 0 Å². The Balaban J connectivity index is 2.68. The van der Waals surface area contributed by atoms with Crippen LogP contribution in [-0.4, -0.2) is 11.6 Å². The average molecular weight is 367 g/mol. The molecule has 1 heterocycles. The predicted octanol–water partition coefficient (Wildman–Crippen LogP) is 3.98. The zero-order valence-corrected chi connectivity index (χ0v) is 11.5. The van der Waals surface area contributed by atoms with Gasteiger partial charge in [0.15, 0.2) is 6.61 Å². The van der Waals surface area contributed by atoms with Gasteiger partial charge >= 0.3 is 0 Å². The van der Waals surface area contributed by atoms with E-state index in [9.17, 15) is 0 Å². The maximum atomic E-state index is 8.50. The summed E-state index contributed by atoms with van der Waals surface area (Å²) in [5, 5.41) is 10.2. The highest BCUT2D eigenvalue weighted by molar-refractivity contribution is 14.1. The summed E-state index contributed by atoms with van der Waals surface area (Å²) in [5.41, 5.74) is 0.728. The zero-order valence-electron chi connectivity index (χ0n) is 7.85. The average Bonchev–Trinajstić information content (AvgIpc) is 2.64. The molecule has 0 amide bonds. The molecule has 0 aliphatic heterocycles. The second-order valence-corrected chi connectivity index (χ2v) is 4.95. The highest BCUT2D eigenvalue weighted by Gasteiger charge is 2.14. The molecular weight excluding hydrogens is 362 g/mol. The van der Waals surface area contributed by atoms with E-state index in [0.717, 1.165) is 14.5 Å². The van der Waals surface area contributed by atoms with E-state index in [1.807, 2.05) is 12.3 Å². The Morgan fingerprint density at radius 1 is 1.50 bits per heavy atom. The van der Waals surface area contributed by atoms with Crippen molar-refractivity contribution < 1.29 is 4.74 Å². The lowest BCUT2D eigenvalue weighted by molar-refractivity contribution is 0.372. The molecule has 0 aliphatic carbocycles. The van der Waals surface area contributed by atoms with Crippen LogP contribution in [0.5, 0.6) is 5.75 Å². The lowest BCUT2D eigenvalue weighted by Gasteiger charge is -2.06. The van der Waals surface area contributed by atoms with Crippen molar-refractivity contribution in [1.82, 2.24) is 4.98 Å². The van der Waals surface area contributed by atoms with Crippen LogP contribution >= 0.6 is 45.8 Å². The fourth-order valence-electron chi connectivity index (χ4n) is 1.41. The molecule has 3 nitrogen and oxygen atoms in total. The Kier molecular flexibility index (Phi) is 3.47. The van der Waals surface area contributed by atoms with Gasteiger partial charge in [-0.1, -0.05) is 23.2 Å². The topological polar surface area (TPSA) is 48.8 Å². The Bertz CT molecular complexity index is 588. The maximum absolute atomic E-state index is 8.50. The molecule has 0 radical (unpaired) electrons. The Labute approximate surface area is 115 Å². The number of nitriles is 1. The van der Waals surface area contributed by atoms with Crippen molar-refractivity contribution >= 4 is 56.7 Å². The van der Waals surface area contributed by atoms with Crippen molar-refractivity contribution in [2.45, 2.75) is 0 Å². The fourth-order valence-corrected chi connectivity index (χ4v) is 2.50. The van der Waals surface area contributed by atoms with E-state index in [4.69, 9.17) is 33.2 Å². The Morgan fingerprint density at radius 2 is 2.25 bits per heavy atom. The van der Waals surface area contributed by atoms with E-state index in [1.165, 1.54) is 0 Å². The van der Waals surface area contributed by atoms with Crippen LogP contribution < -0.4 is 4.74 Å². The molecule has 2 rings (SSSR count). The van der Waals surface area contributed by atoms with Gasteiger partial charge in [-0.3, -0.25) is 0 Å². The minimum absolute atomic E-state index is 0.0195. The SMILES string of the molecule is N#CCOc1cc(Cl)c(Cl)c2[nH]cc(I)c12. The van der Waals surface area contributed by atoms with Crippen LogP contribution in [-0.2, 0) is 0 Å². The molecule has 1 N–H and O–H groups in total. The summed E-state index contributed by atoms with van der Waals surface area (Å²) < 4.78 is 6.29. The molecule has 0 unspecified atom stereocenters. The third kappa shape index (κ3) is 1.95. The summed E-state index contributed by atoms with van der Waals surface area (Å²) >= 11 is 14.2. The van der Waals surface area contributed by atoms with Gasteiger partial charge in [-0.2, -0.15) is 5.26 Å². The van der Waals surface area contributed by atoms with Gasteiger partial charge in [0, 0.05) is 15.8 Å². The minimum atomic E-state index is -0.0195. The van der Waals surface area contributed by atoms with Gasteiger partial charge in [-0.05, 0) is 22.6 Å². The number of halogens is 3. The van der Waals surface area contributed by atoms with Crippen LogP contribution in [0, 0.1) is 14.9 Å². The zero-order chi connectivity index (χ0) is 11.7. The monoisotopic (exact) mass is 366 g/mol. The number of benzene rings is 1. The number of nitrogens with zero attached hydrogens (tertiary/aromatic N) is 1. The largest absolute Gasteiger partial charge is 0.478 e. The molecule has 16 heavy (non-hydrogen) atoms. The number of aromatic nitrogens is 1. The summed E-state index contributed by atoms with van der Waals surface area (Å²) in [6.45, 7) is -0.0195. The van der Waals surface area contributed by atoms with Gasteiger partial charge < -0.3 is 9.72 Å². The van der Waals surface area contributed by atoms with Gasteiger partial charge in [0.2, 0.25) is 0 Å². The van der Waals surface area contributed by atoms with Gasteiger partial charge in [0.25, 0.3) is 0 Å². The lowest BCUT2D eigenvalue weighted by atomic mass is 10.2. The van der Waals surface area contributed by atoms with Crippen molar-refractivity contribution in [1.29, 1.82) is 5.26 Å². The second-order valence-electron chi connectivity index (χ2n) is 3.00. The fraction of sp³-hybridized carbons (Fsp3) is 0.100. The highest BCUT2D eigenvalue weighted by Crippen LogP contribution is 2.39. The summed E-state index contributed by atoms with van der Waals surface area (Å²) in [6, 6.07) is 3.54. The number of hydrogen-bond acceptors (Lipinski definition) is 2. The van der Waals surface area contributed by atoms with Crippen molar-refractivity contribution in [3.05, 3.63) is 25.9 Å². The molecule has 0 saturated heterocycles. The highest BCUT2D eigenvalue weighted by atomic mass is 127. The van der Waals surface area contributed by atoms with Crippen LogP contribution in [0.15, 0.2) is 12.3 Å². The molecule has 0 spiro atoms. The summed E-state index contributed by atoms with van der Waals surface area (Å²) in [6.07, 6.45) is 1.81. The second kappa shape index (κ2) is 4.70. The van der Waals surface area contributed by atoms with Gasteiger partial charge in [-0.15, -0.1) is 0 Å². The van der Waals surface area contributed by atoms with E-state index in [2.05, 4.69) is 27.6 Å². The van der Waals surface area contributed by atoms with Crippen molar-refractivity contribution in [3.8, 4) is 11.8 Å². The summed E-state index contributed by atoms with van der Waals surface area (Å²) in [5.74, 6) is 0.566. The number of hydrogen-bond donors (Lipinski definition) is 1. The summed E-state index contributed by atoms with van der Waals surface area (Å²) in [4.78, 5) is 3.03. The molecule has 6 heteroatoms. The number of H-pyrrole nitrogens is 1. The molecule has 0 saturated carbocycles. The maximum Gasteiger partial charge on any atom is 0.174 e. The first-order valence-corrected chi connectivity index (χ1v) is 6.13. The lowest BCUT2D eigenvalue weighted by Crippen LogP contribution is -1.94. The number of ether oxygens (including phenoxy) is 1. The number of aromatic amines is 1. The Hall–Kier alpha value is -0.640. The molecular formula is C10H5Cl2IN2O. The van der Waals surface area contributed by atoms with E-state index in [-0.39, 0.29) is 6.61 Å². The molecule has 1 aromatic heterocycles. The molecule has 0 fully saturated rings. The van der Waals surface area contributed by atoms with E-state index < -0.39 is 0 Å². The van der Waals surface area contributed by atoms with E-state index in [0.29, 0.717) is 15.8 Å². The third-order valence-corrected chi connectivity index (χ3v) is 3.70. The van der Waals surface area contributed by atoms with Crippen molar-refractivity contribution in [3.63, 3.8) is 0 Å². The first-order chi connectivity index (χ1) is 7.65. The van der Waals surface area contributed by atoms with Crippen molar-refractivity contribution in [2.24, 2.45) is 0 Å². The van der Waals surface area contributed by atoms with Crippen LogP contribution in [0.2, 0.25) is 10.0 Å². The van der Waals surface area contributed by atoms with Crippen LogP contribution in [0.1, 0.15) is 0 Å². The van der Waals surface area contributed by atoms with Gasteiger partial charge in [0.05, 0.1) is 20.9 Å². The quantitative estimate of drug-likeness (QED) is 0.817. The molecule has 0 bridgehead atoms. The summed E-state index contributed by atoms with van der Waals surface area (Å²) in [7, 11) is 0. The normalized spacial score (nSPS) is 10.4. The molecule has 1 aromatic carbocycles. The minimum Gasteiger partial charge on any atom is -0.478 e. The van der Waals surface area contributed by atoms with Crippen LogP contribution in [0.25, 0.3) is 10.9 Å². The molecule has 0 atom stereocenters. The van der Waals surface area contributed by atoms with Crippen LogP contribution in [0.3, 0.4) is 0 Å². The van der Waals surface area contributed by atoms with Gasteiger partial charge in [0.1, 0.15) is 11.8 Å². The molecule has 2 aromatic rings. The van der Waals surface area contributed by atoms with Crippen molar-refractivity contribution in [2.75, 3.05) is 6.61 Å².